The van der Waals surface area contributed by atoms with Crippen molar-refractivity contribution in [1.29, 1.82) is 0 Å². The molecular formula is H5CeNaO2. The van der Waals surface area contributed by atoms with Gasteiger partial charge in [0.1, 0.15) is 0 Å². The predicted octanol–water partition coefficient (Wildman–Crippen LogP) is -4.53. The molecule has 0 aliphatic heterocycles. The minimum Gasteiger partial charge on any atom is -1.00 e. The molecule has 4 N–H and O–H groups in total. The van der Waals surface area contributed by atoms with Gasteiger partial charge in [0.15, 0.2) is 0 Å². The van der Waals surface area contributed by atoms with E-state index in [2.05, 4.69) is 0 Å². The van der Waals surface area contributed by atoms with Gasteiger partial charge in [-0.2, -0.15) is 0 Å². The monoisotopic (exact) mass is 200 g/mol. The Kier molecular flexibility index (Phi) is 155. The van der Waals surface area contributed by atoms with Gasteiger partial charge < -0.3 is 12.4 Å². The summed E-state index contributed by atoms with van der Waals surface area (Å²) >= 11 is 0. The molecule has 0 unspecified atom stereocenters. The van der Waals surface area contributed by atoms with Crippen LogP contribution in [-0.2, 0) is 0 Å². The minimum absolute atomic E-state index is 0. The van der Waals surface area contributed by atoms with E-state index in [4.69, 9.17) is 0 Å². The van der Waals surface area contributed by atoms with Crippen LogP contribution >= 0.6 is 0 Å². The second kappa shape index (κ2) is 18.5. The van der Waals surface area contributed by atoms with Crippen molar-refractivity contribution >= 4 is 0 Å². The molecule has 0 aliphatic rings. The average molecular weight is 200 g/mol. The third-order valence-corrected chi connectivity index (χ3v) is 0. The number of hydrogen-bond donors (Lipinski definition) is 0. The standard InChI is InChI=1S/Ce.Na.2H2O.H/h;;2*1H2;/q;+1;;;-1. The van der Waals surface area contributed by atoms with Crippen LogP contribution < -0.4 is 29.6 Å². The summed E-state index contributed by atoms with van der Waals surface area (Å²) in [5.41, 5.74) is 0. The van der Waals surface area contributed by atoms with E-state index in [1.807, 2.05) is 0 Å². The van der Waals surface area contributed by atoms with Gasteiger partial charge in [-0.15, -0.1) is 0 Å². The first-order valence-electron chi connectivity index (χ1n) is 0. The smallest absolute Gasteiger partial charge is 1.00 e. The molecule has 0 spiro atoms. The van der Waals surface area contributed by atoms with E-state index in [1.165, 1.54) is 0 Å². The van der Waals surface area contributed by atoms with Crippen LogP contribution in [0.3, 0.4) is 0 Å². The zero-order valence-electron chi connectivity index (χ0n) is 3.50. The predicted molar refractivity (Wildman–Crippen MR) is 8.34 cm³/mol. The van der Waals surface area contributed by atoms with Gasteiger partial charge in [-0.25, -0.2) is 0 Å². The molecule has 0 saturated carbocycles. The molecule has 22 valence electrons. The molecule has 0 bridgehead atoms. The molecule has 4 heteroatoms. The third kappa shape index (κ3) is 8.85. The molecule has 0 amide bonds. The molecule has 4 heavy (non-hydrogen) atoms. The third-order valence-electron chi connectivity index (χ3n) is 0. The molecule has 0 saturated heterocycles. The molecule has 0 aliphatic carbocycles. The molecule has 2 nitrogen and oxygen atoms in total. The van der Waals surface area contributed by atoms with Gasteiger partial charge in [0.25, 0.3) is 0 Å². The molecular weight excluding hydrogens is 195 g/mol. The fourth-order valence-electron chi connectivity index (χ4n) is 0. The van der Waals surface area contributed by atoms with E-state index in [9.17, 15) is 0 Å². The first kappa shape index (κ1) is 33.5. The summed E-state index contributed by atoms with van der Waals surface area (Å²) in [7, 11) is 0. The van der Waals surface area contributed by atoms with Gasteiger partial charge in [0, 0.05) is 41.7 Å². The molecule has 0 aromatic carbocycles. The van der Waals surface area contributed by atoms with Crippen molar-refractivity contribution in [2.75, 3.05) is 0 Å². The van der Waals surface area contributed by atoms with Crippen molar-refractivity contribution in [3.05, 3.63) is 0 Å². The van der Waals surface area contributed by atoms with Crippen molar-refractivity contribution in [3.63, 3.8) is 0 Å². The topological polar surface area (TPSA) is 63.0 Å². The Morgan fingerprint density at radius 1 is 1.00 bits per heavy atom. The van der Waals surface area contributed by atoms with Crippen molar-refractivity contribution in [3.8, 4) is 0 Å². The van der Waals surface area contributed by atoms with Crippen LogP contribution in [0.4, 0.5) is 0 Å². The fourth-order valence-corrected chi connectivity index (χ4v) is 0. The van der Waals surface area contributed by atoms with Crippen molar-refractivity contribution < 1.29 is 83.7 Å². The number of hydrogen-bond acceptors (Lipinski definition) is 0. The molecule has 0 heterocycles. The summed E-state index contributed by atoms with van der Waals surface area (Å²) in [6.45, 7) is 0. The van der Waals surface area contributed by atoms with Crippen LogP contribution in [0, 0.1) is 41.7 Å². The van der Waals surface area contributed by atoms with E-state index in [0.717, 1.165) is 0 Å². The van der Waals surface area contributed by atoms with Crippen LogP contribution in [0.5, 0.6) is 0 Å². The Balaban J connectivity index is 0. The molecule has 0 radical (unpaired) electrons. The summed E-state index contributed by atoms with van der Waals surface area (Å²) in [5, 5.41) is 0. The molecule has 0 aromatic rings. The summed E-state index contributed by atoms with van der Waals surface area (Å²) in [4.78, 5) is 0. The Labute approximate surface area is 82.1 Å². The SMILES string of the molecule is O.O.[Ce].[H-].[Na+]. The average Bonchev–Trinajstić information content (AvgIpc) is 0. The largest absolute Gasteiger partial charge is 1.00 e. The summed E-state index contributed by atoms with van der Waals surface area (Å²) in [6, 6.07) is 0. The second-order valence-electron chi connectivity index (χ2n) is 0. The van der Waals surface area contributed by atoms with Gasteiger partial charge in [-0.05, 0) is 0 Å². The van der Waals surface area contributed by atoms with E-state index in [-0.39, 0.29) is 83.7 Å². The molecule has 0 rings (SSSR count). The van der Waals surface area contributed by atoms with Gasteiger partial charge in [0.05, 0.1) is 0 Å². The van der Waals surface area contributed by atoms with E-state index >= 15 is 0 Å². The Morgan fingerprint density at radius 3 is 1.00 bits per heavy atom. The summed E-state index contributed by atoms with van der Waals surface area (Å²) in [6.07, 6.45) is 0. The van der Waals surface area contributed by atoms with Gasteiger partial charge >= 0.3 is 29.6 Å². The molecule has 0 fully saturated rings. The van der Waals surface area contributed by atoms with E-state index in [1.54, 1.807) is 0 Å². The van der Waals surface area contributed by atoms with Crippen LogP contribution in [0.1, 0.15) is 1.43 Å². The van der Waals surface area contributed by atoms with Gasteiger partial charge in [0.2, 0.25) is 0 Å². The van der Waals surface area contributed by atoms with Crippen molar-refractivity contribution in [2.24, 2.45) is 0 Å². The Bertz CT molecular complexity index is 9.61. The van der Waals surface area contributed by atoms with Crippen LogP contribution in [0.25, 0.3) is 0 Å². The summed E-state index contributed by atoms with van der Waals surface area (Å²) in [5.74, 6) is 0. The van der Waals surface area contributed by atoms with Crippen LogP contribution in [0.15, 0.2) is 0 Å². The first-order chi connectivity index (χ1) is 0. The zero-order chi connectivity index (χ0) is 0. The maximum atomic E-state index is 0. The first-order valence-corrected chi connectivity index (χ1v) is 0. The Morgan fingerprint density at radius 2 is 1.00 bits per heavy atom. The Hall–Kier alpha value is 2.30. The molecule has 0 aromatic heterocycles. The zero-order valence-corrected chi connectivity index (χ0v) is 7.64. The minimum atomic E-state index is 0. The van der Waals surface area contributed by atoms with Crippen molar-refractivity contribution in [1.82, 2.24) is 0 Å². The van der Waals surface area contributed by atoms with Gasteiger partial charge in [-0.3, -0.25) is 0 Å². The molecule has 0 atom stereocenters. The summed E-state index contributed by atoms with van der Waals surface area (Å²) < 4.78 is 0. The van der Waals surface area contributed by atoms with E-state index in [0.29, 0.717) is 0 Å². The maximum absolute atomic E-state index is 0. The quantitative estimate of drug-likeness (QED) is 0.354. The van der Waals surface area contributed by atoms with Crippen LogP contribution in [-0.4, -0.2) is 11.0 Å². The number of rotatable bonds is 0. The normalized spacial score (nSPS) is 0. The van der Waals surface area contributed by atoms with Gasteiger partial charge in [-0.1, -0.05) is 0 Å². The van der Waals surface area contributed by atoms with Crippen LogP contribution in [0.2, 0.25) is 0 Å². The second-order valence-corrected chi connectivity index (χ2v) is 0. The van der Waals surface area contributed by atoms with Crippen molar-refractivity contribution in [2.45, 2.75) is 0 Å². The van der Waals surface area contributed by atoms with E-state index < -0.39 is 0 Å². The maximum Gasteiger partial charge on any atom is 1.00 e. The fraction of sp³-hybridized carbons (Fsp3) is 0.